The van der Waals surface area contributed by atoms with Crippen molar-refractivity contribution >= 4 is 0 Å². The molecule has 2 bridgehead atoms. The van der Waals surface area contributed by atoms with Crippen LogP contribution in [-0.4, -0.2) is 12.6 Å². The summed E-state index contributed by atoms with van der Waals surface area (Å²) in [5, 5.41) is 3.63. The van der Waals surface area contributed by atoms with E-state index in [2.05, 4.69) is 29.6 Å². The van der Waals surface area contributed by atoms with Gasteiger partial charge < -0.3 is 5.32 Å². The van der Waals surface area contributed by atoms with Gasteiger partial charge in [-0.25, -0.2) is 0 Å². The molecule has 0 aromatic rings. The molecular weight excluding hydrogens is 146 g/mol. The van der Waals surface area contributed by atoms with Crippen LogP contribution in [0.4, 0.5) is 0 Å². The fraction of sp³-hybridized carbons (Fsp3) is 0.636. The van der Waals surface area contributed by atoms with Crippen LogP contribution in [0.15, 0.2) is 24.3 Å². The summed E-state index contributed by atoms with van der Waals surface area (Å²) >= 11 is 0. The van der Waals surface area contributed by atoms with E-state index in [4.69, 9.17) is 0 Å². The second-order valence-corrected chi connectivity index (χ2v) is 4.28. The van der Waals surface area contributed by atoms with Crippen molar-refractivity contribution in [1.82, 2.24) is 5.32 Å². The average molecular weight is 161 g/mol. The van der Waals surface area contributed by atoms with E-state index in [0.29, 0.717) is 0 Å². The van der Waals surface area contributed by atoms with E-state index in [9.17, 15) is 0 Å². The number of allylic oxidation sites excluding steroid dienone is 3. The fourth-order valence-corrected chi connectivity index (χ4v) is 3.07. The monoisotopic (exact) mass is 161 g/mol. The number of piperidine rings is 2. The average Bonchev–Trinajstić information content (AvgIpc) is 2.20. The van der Waals surface area contributed by atoms with Gasteiger partial charge in [0.25, 0.3) is 0 Å². The predicted molar refractivity (Wildman–Crippen MR) is 49.8 cm³/mol. The lowest BCUT2D eigenvalue weighted by Crippen LogP contribution is -2.54. The highest BCUT2D eigenvalue weighted by molar-refractivity contribution is 5.20. The van der Waals surface area contributed by atoms with Gasteiger partial charge >= 0.3 is 0 Å². The number of hydrogen-bond acceptors (Lipinski definition) is 1. The van der Waals surface area contributed by atoms with Crippen molar-refractivity contribution < 1.29 is 0 Å². The Morgan fingerprint density at radius 2 is 1.83 bits per heavy atom. The molecule has 2 heterocycles. The lowest BCUT2D eigenvalue weighted by atomic mass is 9.65. The fourth-order valence-electron chi connectivity index (χ4n) is 3.07. The summed E-state index contributed by atoms with van der Waals surface area (Å²) in [5.74, 6) is 2.58. The van der Waals surface area contributed by atoms with E-state index in [1.165, 1.54) is 19.4 Å². The minimum absolute atomic E-state index is 0.779. The van der Waals surface area contributed by atoms with Crippen LogP contribution < -0.4 is 5.32 Å². The summed E-state index contributed by atoms with van der Waals surface area (Å²) in [6.07, 6.45) is 12.1. The van der Waals surface area contributed by atoms with Gasteiger partial charge in [-0.3, -0.25) is 0 Å². The molecule has 4 rings (SSSR count). The highest BCUT2D eigenvalue weighted by Gasteiger charge is 2.41. The molecule has 1 saturated carbocycles. The van der Waals surface area contributed by atoms with Gasteiger partial charge in [-0.15, -0.1) is 0 Å². The Morgan fingerprint density at radius 3 is 2.50 bits per heavy atom. The second-order valence-electron chi connectivity index (χ2n) is 4.28. The lowest BCUT2D eigenvalue weighted by Gasteiger charge is -2.48. The zero-order valence-electron chi connectivity index (χ0n) is 7.24. The van der Waals surface area contributed by atoms with E-state index in [0.717, 1.165) is 23.8 Å². The van der Waals surface area contributed by atoms with Crippen LogP contribution in [-0.2, 0) is 0 Å². The van der Waals surface area contributed by atoms with Gasteiger partial charge in [-0.1, -0.05) is 24.3 Å². The minimum Gasteiger partial charge on any atom is -0.313 e. The van der Waals surface area contributed by atoms with Crippen LogP contribution in [0.5, 0.6) is 0 Å². The van der Waals surface area contributed by atoms with Crippen LogP contribution in [0.3, 0.4) is 0 Å². The maximum atomic E-state index is 3.63. The van der Waals surface area contributed by atoms with E-state index < -0.39 is 0 Å². The maximum absolute atomic E-state index is 3.63. The molecule has 1 heteroatoms. The van der Waals surface area contributed by atoms with Crippen LogP contribution >= 0.6 is 0 Å². The van der Waals surface area contributed by atoms with Crippen molar-refractivity contribution in [2.45, 2.75) is 18.9 Å². The molecule has 3 fully saturated rings. The first-order valence-electron chi connectivity index (χ1n) is 5.03. The smallest absolute Gasteiger partial charge is 0.0136 e. The third-order valence-corrected chi connectivity index (χ3v) is 3.72. The summed E-state index contributed by atoms with van der Waals surface area (Å²) in [7, 11) is 0. The first-order chi connectivity index (χ1) is 5.95. The minimum atomic E-state index is 0.779. The standard InChI is InChI=1S/C11H15N/c1-2-4-10-9(3-1)8-5-6-11(10)12-7-8/h1-4,8-12H,5-7H2. The zero-order valence-corrected chi connectivity index (χ0v) is 7.24. The summed E-state index contributed by atoms with van der Waals surface area (Å²) in [4.78, 5) is 0. The molecule has 4 atom stereocenters. The van der Waals surface area contributed by atoms with Crippen molar-refractivity contribution in [3.05, 3.63) is 24.3 Å². The Balaban J connectivity index is 1.94. The molecule has 1 N–H and O–H groups in total. The topological polar surface area (TPSA) is 12.0 Å². The van der Waals surface area contributed by atoms with Gasteiger partial charge in [0.05, 0.1) is 0 Å². The number of hydrogen-bond donors (Lipinski definition) is 1. The first-order valence-corrected chi connectivity index (χ1v) is 5.03. The van der Waals surface area contributed by atoms with Gasteiger partial charge in [0, 0.05) is 6.04 Å². The molecule has 4 unspecified atom stereocenters. The highest BCUT2D eigenvalue weighted by Crippen LogP contribution is 2.41. The van der Waals surface area contributed by atoms with E-state index >= 15 is 0 Å². The number of rotatable bonds is 0. The van der Waals surface area contributed by atoms with Crippen molar-refractivity contribution in [3.63, 3.8) is 0 Å². The van der Waals surface area contributed by atoms with E-state index in [1.54, 1.807) is 0 Å². The number of fused-ring (bicyclic) bond motifs is 2. The highest BCUT2D eigenvalue weighted by atomic mass is 15.0. The Bertz CT molecular complexity index is 207. The molecule has 0 amide bonds. The molecule has 0 aromatic carbocycles. The van der Waals surface area contributed by atoms with Crippen molar-refractivity contribution in [1.29, 1.82) is 0 Å². The Morgan fingerprint density at radius 1 is 1.00 bits per heavy atom. The van der Waals surface area contributed by atoms with E-state index in [1.807, 2.05) is 0 Å². The predicted octanol–water partition coefficient (Wildman–Crippen LogP) is 1.73. The van der Waals surface area contributed by atoms with Gasteiger partial charge in [0.2, 0.25) is 0 Å². The molecule has 0 aromatic heterocycles. The zero-order chi connectivity index (χ0) is 7.97. The number of nitrogens with one attached hydrogen (secondary N) is 1. The van der Waals surface area contributed by atoms with Gasteiger partial charge in [0.1, 0.15) is 0 Å². The first kappa shape index (κ1) is 6.90. The second kappa shape index (κ2) is 2.46. The van der Waals surface area contributed by atoms with Crippen molar-refractivity contribution in [2.24, 2.45) is 17.8 Å². The van der Waals surface area contributed by atoms with Crippen molar-refractivity contribution in [3.8, 4) is 0 Å². The molecule has 0 spiro atoms. The van der Waals surface area contributed by atoms with Crippen LogP contribution in [0.25, 0.3) is 0 Å². The molecule has 2 aliphatic carbocycles. The Labute approximate surface area is 73.5 Å². The summed E-state index contributed by atoms with van der Waals surface area (Å²) < 4.78 is 0. The molecule has 12 heavy (non-hydrogen) atoms. The summed E-state index contributed by atoms with van der Waals surface area (Å²) in [5.41, 5.74) is 0. The Hall–Kier alpha value is -0.560. The van der Waals surface area contributed by atoms with Crippen LogP contribution in [0, 0.1) is 17.8 Å². The summed E-state index contributed by atoms with van der Waals surface area (Å²) in [6, 6.07) is 0.779. The molecular formula is C11H15N. The largest absolute Gasteiger partial charge is 0.313 e. The van der Waals surface area contributed by atoms with Crippen molar-refractivity contribution in [2.75, 3.05) is 6.54 Å². The van der Waals surface area contributed by atoms with E-state index in [-0.39, 0.29) is 0 Å². The third kappa shape index (κ3) is 0.831. The van der Waals surface area contributed by atoms with Crippen LogP contribution in [0.2, 0.25) is 0 Å². The molecule has 64 valence electrons. The molecule has 2 aliphatic heterocycles. The maximum Gasteiger partial charge on any atom is 0.0136 e. The normalized spacial score (nSPS) is 49.3. The Kier molecular flexibility index (Phi) is 1.42. The molecule has 0 radical (unpaired) electrons. The molecule has 4 aliphatic rings. The quantitative estimate of drug-likeness (QED) is 0.570. The SMILES string of the molecule is C1=CC2C3CCC(NC3)C2C=C1. The van der Waals surface area contributed by atoms with Gasteiger partial charge in [-0.2, -0.15) is 0 Å². The summed E-state index contributed by atoms with van der Waals surface area (Å²) in [6.45, 7) is 1.25. The third-order valence-electron chi connectivity index (χ3n) is 3.72. The van der Waals surface area contributed by atoms with Gasteiger partial charge in [-0.05, 0) is 37.1 Å². The molecule has 2 saturated heterocycles. The lowest BCUT2D eigenvalue weighted by molar-refractivity contribution is 0.113. The van der Waals surface area contributed by atoms with Gasteiger partial charge in [0.15, 0.2) is 0 Å². The molecule has 1 nitrogen and oxygen atoms in total. The van der Waals surface area contributed by atoms with Crippen LogP contribution in [0.1, 0.15) is 12.8 Å².